The topological polar surface area (TPSA) is 46.3 Å². The van der Waals surface area contributed by atoms with Crippen molar-refractivity contribution in [1.29, 1.82) is 0 Å². The second-order valence-electron chi connectivity index (χ2n) is 4.22. The molecule has 18 heavy (non-hydrogen) atoms. The molecule has 4 heteroatoms. The molecular weight excluding hydrogens is 248 g/mol. The smallest absolute Gasteiger partial charge is 0.261 e. The van der Waals surface area contributed by atoms with Crippen molar-refractivity contribution < 1.29 is 4.79 Å². The zero-order valence-electron chi connectivity index (χ0n) is 9.56. The molecule has 0 radical (unpaired) electrons. The highest BCUT2D eigenvalue weighted by molar-refractivity contribution is 6.34. The van der Waals surface area contributed by atoms with E-state index >= 15 is 0 Å². The summed E-state index contributed by atoms with van der Waals surface area (Å²) in [6.07, 6.45) is 0. The fraction of sp³-hybridized carbons (Fsp3) is 0.0714. The molecule has 0 bridgehead atoms. The van der Waals surface area contributed by atoms with E-state index in [0.717, 1.165) is 11.3 Å². The molecule has 3 nitrogen and oxygen atoms in total. The Morgan fingerprint density at radius 1 is 1.11 bits per heavy atom. The summed E-state index contributed by atoms with van der Waals surface area (Å²) in [6.45, 7) is 0.517. The molecule has 1 aliphatic rings. The average molecular weight is 259 g/mol. The summed E-state index contributed by atoms with van der Waals surface area (Å²) in [5, 5.41) is 0.567. The van der Waals surface area contributed by atoms with Gasteiger partial charge in [0.1, 0.15) is 0 Å². The predicted octanol–water partition coefficient (Wildman–Crippen LogP) is 3.08. The Balaban J connectivity index is 2.08. The lowest BCUT2D eigenvalue weighted by Crippen LogP contribution is -2.23. The number of nitrogens with zero attached hydrogens (tertiary/aromatic N) is 1. The Kier molecular flexibility index (Phi) is 2.49. The lowest BCUT2D eigenvalue weighted by Gasteiger charge is -2.17. The molecular formula is C14H11ClN2O. The van der Waals surface area contributed by atoms with Gasteiger partial charge in [0.05, 0.1) is 22.8 Å². The fourth-order valence-electron chi connectivity index (χ4n) is 2.25. The molecule has 3 rings (SSSR count). The van der Waals surface area contributed by atoms with E-state index in [1.807, 2.05) is 30.3 Å². The lowest BCUT2D eigenvalue weighted by molar-refractivity contribution is 0.0997. The number of rotatable bonds is 1. The van der Waals surface area contributed by atoms with Gasteiger partial charge in [-0.05, 0) is 23.8 Å². The molecule has 0 saturated heterocycles. The zero-order chi connectivity index (χ0) is 12.7. The molecule has 0 aliphatic carbocycles. The first-order chi connectivity index (χ1) is 8.68. The largest absolute Gasteiger partial charge is 0.398 e. The summed E-state index contributed by atoms with van der Waals surface area (Å²) in [7, 11) is 0. The van der Waals surface area contributed by atoms with E-state index in [9.17, 15) is 4.79 Å². The van der Waals surface area contributed by atoms with Crippen LogP contribution in [-0.4, -0.2) is 5.91 Å². The van der Waals surface area contributed by atoms with Gasteiger partial charge in [0.2, 0.25) is 0 Å². The number of para-hydroxylation sites is 1. The van der Waals surface area contributed by atoms with Crippen molar-refractivity contribution in [3.05, 3.63) is 58.6 Å². The van der Waals surface area contributed by atoms with Crippen LogP contribution in [0.15, 0.2) is 42.5 Å². The van der Waals surface area contributed by atoms with Crippen LogP contribution in [0.25, 0.3) is 0 Å². The number of hydrogen-bond donors (Lipinski definition) is 1. The molecule has 90 valence electrons. The second-order valence-corrected chi connectivity index (χ2v) is 4.63. The van der Waals surface area contributed by atoms with E-state index in [2.05, 4.69) is 0 Å². The Bertz CT molecular complexity index is 639. The molecule has 1 aliphatic heterocycles. The normalized spacial score (nSPS) is 13.8. The number of amides is 1. The third-order valence-electron chi connectivity index (χ3n) is 3.11. The molecule has 0 fully saturated rings. The minimum absolute atomic E-state index is 0.0869. The molecule has 2 N–H and O–H groups in total. The Morgan fingerprint density at radius 2 is 1.89 bits per heavy atom. The standard InChI is InChI=1S/C14H11ClN2O/c15-10-5-1-2-7-12(10)17-8-9-4-3-6-11(16)13(9)14(17)18/h1-7H,8,16H2. The average Bonchev–Trinajstić information content (AvgIpc) is 2.69. The van der Waals surface area contributed by atoms with E-state index in [4.69, 9.17) is 17.3 Å². The van der Waals surface area contributed by atoms with Crippen LogP contribution < -0.4 is 10.6 Å². The van der Waals surface area contributed by atoms with Crippen LogP contribution in [0.3, 0.4) is 0 Å². The van der Waals surface area contributed by atoms with Crippen LogP contribution in [0.2, 0.25) is 5.02 Å². The Morgan fingerprint density at radius 3 is 2.61 bits per heavy atom. The van der Waals surface area contributed by atoms with Gasteiger partial charge in [0.25, 0.3) is 5.91 Å². The molecule has 0 atom stereocenters. The number of fused-ring (bicyclic) bond motifs is 1. The molecule has 2 aromatic carbocycles. The SMILES string of the molecule is Nc1cccc2c1C(=O)N(c1ccccc1Cl)C2. The fourth-order valence-corrected chi connectivity index (χ4v) is 2.49. The van der Waals surface area contributed by atoms with Gasteiger partial charge < -0.3 is 10.6 Å². The van der Waals surface area contributed by atoms with Crippen molar-refractivity contribution >= 4 is 28.9 Å². The van der Waals surface area contributed by atoms with Crippen LogP contribution in [0, 0.1) is 0 Å². The number of hydrogen-bond acceptors (Lipinski definition) is 2. The van der Waals surface area contributed by atoms with Gasteiger partial charge in [-0.2, -0.15) is 0 Å². The summed E-state index contributed by atoms with van der Waals surface area (Å²) < 4.78 is 0. The number of benzene rings is 2. The highest BCUT2D eigenvalue weighted by Gasteiger charge is 2.31. The molecule has 0 saturated carbocycles. The minimum atomic E-state index is -0.0869. The van der Waals surface area contributed by atoms with Crippen LogP contribution in [-0.2, 0) is 6.54 Å². The van der Waals surface area contributed by atoms with Gasteiger partial charge in [0, 0.05) is 5.69 Å². The van der Waals surface area contributed by atoms with Crippen LogP contribution in [0.5, 0.6) is 0 Å². The third-order valence-corrected chi connectivity index (χ3v) is 3.43. The molecule has 0 aromatic heterocycles. The first kappa shape index (κ1) is 11.1. The van der Waals surface area contributed by atoms with Crippen molar-refractivity contribution in [2.75, 3.05) is 10.6 Å². The summed E-state index contributed by atoms with van der Waals surface area (Å²) in [5.41, 5.74) is 8.64. The van der Waals surface area contributed by atoms with Gasteiger partial charge in [-0.3, -0.25) is 4.79 Å². The summed E-state index contributed by atoms with van der Waals surface area (Å²) in [6, 6.07) is 12.8. The van der Waals surface area contributed by atoms with Crippen molar-refractivity contribution in [1.82, 2.24) is 0 Å². The minimum Gasteiger partial charge on any atom is -0.398 e. The van der Waals surface area contributed by atoms with Crippen LogP contribution in [0.4, 0.5) is 11.4 Å². The van der Waals surface area contributed by atoms with Gasteiger partial charge in [-0.15, -0.1) is 0 Å². The van der Waals surface area contributed by atoms with Crippen molar-refractivity contribution in [3.63, 3.8) is 0 Å². The summed E-state index contributed by atoms with van der Waals surface area (Å²) in [5.74, 6) is -0.0869. The number of nitrogen functional groups attached to an aromatic ring is 1. The molecule has 0 spiro atoms. The first-order valence-corrected chi connectivity index (χ1v) is 6.00. The highest BCUT2D eigenvalue weighted by atomic mass is 35.5. The number of nitrogens with two attached hydrogens (primary N) is 1. The van der Waals surface area contributed by atoms with Gasteiger partial charge in [-0.1, -0.05) is 35.9 Å². The number of anilines is 2. The predicted molar refractivity (Wildman–Crippen MR) is 72.8 cm³/mol. The van der Waals surface area contributed by atoms with Crippen molar-refractivity contribution in [2.45, 2.75) is 6.54 Å². The summed E-state index contributed by atoms with van der Waals surface area (Å²) in [4.78, 5) is 14.0. The first-order valence-electron chi connectivity index (χ1n) is 5.62. The van der Waals surface area contributed by atoms with Crippen LogP contribution in [0.1, 0.15) is 15.9 Å². The van der Waals surface area contributed by atoms with E-state index in [0.29, 0.717) is 22.8 Å². The Labute approximate surface area is 110 Å². The van der Waals surface area contributed by atoms with Gasteiger partial charge in [0.15, 0.2) is 0 Å². The quantitative estimate of drug-likeness (QED) is 0.799. The van der Waals surface area contributed by atoms with Crippen molar-refractivity contribution in [3.8, 4) is 0 Å². The second kappa shape index (κ2) is 4.03. The number of carbonyl (C=O) groups excluding carboxylic acids is 1. The van der Waals surface area contributed by atoms with Gasteiger partial charge >= 0.3 is 0 Å². The van der Waals surface area contributed by atoms with Gasteiger partial charge in [-0.25, -0.2) is 0 Å². The lowest BCUT2D eigenvalue weighted by atomic mass is 10.1. The summed E-state index contributed by atoms with van der Waals surface area (Å²) >= 11 is 6.13. The zero-order valence-corrected chi connectivity index (χ0v) is 10.3. The van der Waals surface area contributed by atoms with E-state index < -0.39 is 0 Å². The van der Waals surface area contributed by atoms with E-state index in [1.54, 1.807) is 17.0 Å². The monoisotopic (exact) mass is 258 g/mol. The number of carbonyl (C=O) groups is 1. The maximum atomic E-state index is 12.4. The van der Waals surface area contributed by atoms with Crippen molar-refractivity contribution in [2.24, 2.45) is 0 Å². The third kappa shape index (κ3) is 1.56. The maximum absolute atomic E-state index is 12.4. The van der Waals surface area contributed by atoms with Crippen LogP contribution >= 0.6 is 11.6 Å². The number of halogens is 1. The maximum Gasteiger partial charge on any atom is 0.261 e. The molecule has 0 unspecified atom stereocenters. The van der Waals surface area contributed by atoms with E-state index in [-0.39, 0.29) is 5.91 Å². The van der Waals surface area contributed by atoms with E-state index in [1.165, 1.54) is 0 Å². The molecule has 1 amide bonds. The molecule has 1 heterocycles. The Hall–Kier alpha value is -2.00. The molecule has 2 aromatic rings. The highest BCUT2D eigenvalue weighted by Crippen LogP contribution is 2.34.